The van der Waals surface area contributed by atoms with Crippen molar-refractivity contribution < 1.29 is 13.2 Å². The van der Waals surface area contributed by atoms with E-state index < -0.39 is 11.2 Å². The van der Waals surface area contributed by atoms with E-state index in [2.05, 4.69) is 11.6 Å². The first kappa shape index (κ1) is 17.4. The van der Waals surface area contributed by atoms with Crippen LogP contribution in [0.2, 0.25) is 0 Å². The second kappa shape index (κ2) is 7.78. The van der Waals surface area contributed by atoms with Crippen molar-refractivity contribution in [2.24, 2.45) is 0 Å². The molecule has 0 bridgehead atoms. The molecule has 0 atom stereocenters. The smallest absolute Gasteiger partial charge is 0.389 e. The standard InChI is InChI=1S/C11H11F3N2S.C2H6/c1-3-4-5-6-7(2)8-9(15)17-10(16-8)11(12,13)14;1-2/h3-6H,1,15H2,2H3;1-2H3/b5-4-,7-6+;. The highest BCUT2D eigenvalue weighted by Gasteiger charge is 2.35. The van der Waals surface area contributed by atoms with Crippen molar-refractivity contribution in [3.63, 3.8) is 0 Å². The number of alkyl halides is 3. The van der Waals surface area contributed by atoms with Gasteiger partial charge in [0.25, 0.3) is 0 Å². The Kier molecular flexibility index (Phi) is 7.14. The van der Waals surface area contributed by atoms with Crippen molar-refractivity contribution in [3.8, 4) is 0 Å². The van der Waals surface area contributed by atoms with Crippen LogP contribution in [0.3, 0.4) is 0 Å². The lowest BCUT2D eigenvalue weighted by Gasteiger charge is -1.99. The van der Waals surface area contributed by atoms with Gasteiger partial charge in [-0.25, -0.2) is 4.98 Å². The van der Waals surface area contributed by atoms with E-state index in [1.54, 1.807) is 31.2 Å². The molecule has 1 aromatic rings. The summed E-state index contributed by atoms with van der Waals surface area (Å²) in [5.74, 6) is 0. The predicted octanol–water partition coefficient (Wildman–Crippen LogP) is 4.92. The van der Waals surface area contributed by atoms with Gasteiger partial charge in [0.1, 0.15) is 10.7 Å². The number of aromatic nitrogens is 1. The molecule has 0 aliphatic rings. The summed E-state index contributed by atoms with van der Waals surface area (Å²) >= 11 is 0.445. The highest BCUT2D eigenvalue weighted by Crippen LogP contribution is 2.37. The number of thiazole rings is 1. The number of halogens is 3. The third kappa shape index (κ3) is 5.30. The van der Waals surface area contributed by atoms with Crippen LogP contribution in [0, 0.1) is 0 Å². The maximum Gasteiger partial charge on any atom is 0.443 e. The van der Waals surface area contributed by atoms with E-state index >= 15 is 0 Å². The van der Waals surface area contributed by atoms with Gasteiger partial charge in [0.2, 0.25) is 5.01 Å². The molecule has 6 heteroatoms. The van der Waals surface area contributed by atoms with Crippen LogP contribution in [0.5, 0.6) is 0 Å². The largest absolute Gasteiger partial charge is 0.443 e. The number of nitrogen functional groups attached to an aromatic ring is 1. The van der Waals surface area contributed by atoms with Crippen molar-refractivity contribution in [2.75, 3.05) is 5.73 Å². The zero-order valence-electron chi connectivity index (χ0n) is 11.1. The number of hydrogen-bond acceptors (Lipinski definition) is 3. The first-order chi connectivity index (χ1) is 8.86. The van der Waals surface area contributed by atoms with E-state index in [-0.39, 0.29) is 10.7 Å². The molecule has 2 N–H and O–H groups in total. The van der Waals surface area contributed by atoms with Crippen LogP contribution in [0.4, 0.5) is 18.2 Å². The van der Waals surface area contributed by atoms with Gasteiger partial charge in [-0.2, -0.15) is 13.2 Å². The third-order valence-corrected chi connectivity index (χ3v) is 2.79. The Balaban J connectivity index is 0.00000154. The van der Waals surface area contributed by atoms with Crippen LogP contribution in [-0.2, 0) is 6.18 Å². The van der Waals surface area contributed by atoms with Gasteiger partial charge in [0.15, 0.2) is 0 Å². The van der Waals surface area contributed by atoms with Gasteiger partial charge >= 0.3 is 6.18 Å². The highest BCUT2D eigenvalue weighted by atomic mass is 32.1. The molecular formula is C13H17F3N2S. The fraction of sp³-hybridized carbons (Fsp3) is 0.308. The molecule has 0 aliphatic carbocycles. The van der Waals surface area contributed by atoms with Crippen molar-refractivity contribution >= 4 is 21.9 Å². The van der Waals surface area contributed by atoms with Gasteiger partial charge in [0.05, 0.1) is 0 Å². The second-order valence-corrected chi connectivity index (χ2v) is 4.23. The molecule has 19 heavy (non-hydrogen) atoms. The summed E-state index contributed by atoms with van der Waals surface area (Å²) in [6, 6.07) is 0. The monoisotopic (exact) mass is 290 g/mol. The van der Waals surface area contributed by atoms with E-state index in [0.29, 0.717) is 16.9 Å². The summed E-state index contributed by atoms with van der Waals surface area (Å²) in [6.07, 6.45) is 2.07. The van der Waals surface area contributed by atoms with E-state index in [0.717, 1.165) is 0 Å². The van der Waals surface area contributed by atoms with Crippen LogP contribution < -0.4 is 5.73 Å². The maximum absolute atomic E-state index is 12.4. The van der Waals surface area contributed by atoms with Gasteiger partial charge in [-0.05, 0) is 12.5 Å². The summed E-state index contributed by atoms with van der Waals surface area (Å²) < 4.78 is 37.2. The van der Waals surface area contributed by atoms with Gasteiger partial charge < -0.3 is 5.73 Å². The van der Waals surface area contributed by atoms with Crippen molar-refractivity contribution in [3.05, 3.63) is 41.6 Å². The molecule has 0 unspecified atom stereocenters. The first-order valence-corrected chi connectivity index (χ1v) is 6.47. The number of allylic oxidation sites excluding steroid dienone is 5. The molecule has 0 amide bonds. The van der Waals surface area contributed by atoms with Gasteiger partial charge in [-0.15, -0.1) is 0 Å². The highest BCUT2D eigenvalue weighted by molar-refractivity contribution is 7.15. The molecule has 0 saturated carbocycles. The second-order valence-electron chi connectivity index (χ2n) is 3.20. The Labute approximate surface area is 115 Å². The van der Waals surface area contributed by atoms with Crippen molar-refractivity contribution in [1.82, 2.24) is 4.98 Å². The molecule has 2 nitrogen and oxygen atoms in total. The van der Waals surface area contributed by atoms with Crippen LogP contribution in [-0.4, -0.2) is 4.98 Å². The van der Waals surface area contributed by atoms with E-state index in [1.165, 1.54) is 0 Å². The zero-order chi connectivity index (χ0) is 15.1. The van der Waals surface area contributed by atoms with Gasteiger partial charge in [0, 0.05) is 0 Å². The number of rotatable bonds is 3. The lowest BCUT2D eigenvalue weighted by molar-refractivity contribution is -0.137. The van der Waals surface area contributed by atoms with Gasteiger partial charge in [-0.1, -0.05) is 56.1 Å². The Morgan fingerprint density at radius 3 is 2.32 bits per heavy atom. The fourth-order valence-electron chi connectivity index (χ4n) is 1.09. The molecule has 0 spiro atoms. The quantitative estimate of drug-likeness (QED) is 0.803. The number of anilines is 1. The molecular weight excluding hydrogens is 273 g/mol. The normalized spacial score (nSPS) is 12.2. The Morgan fingerprint density at radius 2 is 1.89 bits per heavy atom. The van der Waals surface area contributed by atoms with Crippen LogP contribution >= 0.6 is 11.3 Å². The molecule has 0 fully saturated rings. The average Bonchev–Trinajstić information content (AvgIpc) is 2.74. The molecule has 106 valence electrons. The van der Waals surface area contributed by atoms with Gasteiger partial charge in [-0.3, -0.25) is 0 Å². The predicted molar refractivity (Wildman–Crippen MR) is 75.9 cm³/mol. The Hall–Kier alpha value is -1.56. The van der Waals surface area contributed by atoms with Crippen LogP contribution in [0.15, 0.2) is 30.9 Å². The topological polar surface area (TPSA) is 38.9 Å². The number of nitrogens with two attached hydrogens (primary N) is 1. The molecule has 1 rings (SSSR count). The number of nitrogens with zero attached hydrogens (tertiary/aromatic N) is 1. The van der Waals surface area contributed by atoms with Crippen molar-refractivity contribution in [1.29, 1.82) is 0 Å². The molecule has 0 saturated heterocycles. The molecule has 1 aromatic heterocycles. The maximum atomic E-state index is 12.4. The first-order valence-electron chi connectivity index (χ1n) is 5.66. The minimum atomic E-state index is -4.45. The zero-order valence-corrected chi connectivity index (χ0v) is 11.9. The molecule has 1 heterocycles. The summed E-state index contributed by atoms with van der Waals surface area (Å²) in [6.45, 7) is 9.13. The van der Waals surface area contributed by atoms with Crippen LogP contribution in [0.25, 0.3) is 5.57 Å². The minimum Gasteiger partial charge on any atom is -0.389 e. The summed E-state index contributed by atoms with van der Waals surface area (Å²) in [4.78, 5) is 3.50. The molecule has 0 aliphatic heterocycles. The Bertz CT molecular complexity index is 471. The third-order valence-electron chi connectivity index (χ3n) is 1.86. The van der Waals surface area contributed by atoms with E-state index in [9.17, 15) is 13.2 Å². The fourth-order valence-corrected chi connectivity index (χ4v) is 1.86. The van der Waals surface area contributed by atoms with E-state index in [1.807, 2.05) is 13.8 Å². The van der Waals surface area contributed by atoms with Crippen LogP contribution in [0.1, 0.15) is 31.5 Å². The minimum absolute atomic E-state index is 0.0677. The summed E-state index contributed by atoms with van der Waals surface area (Å²) in [7, 11) is 0. The summed E-state index contributed by atoms with van der Waals surface area (Å²) in [5.41, 5.74) is 6.27. The average molecular weight is 290 g/mol. The molecule has 0 radical (unpaired) electrons. The lowest BCUT2D eigenvalue weighted by Crippen LogP contribution is -2.03. The summed E-state index contributed by atoms with van der Waals surface area (Å²) in [5, 5.41) is -0.858. The van der Waals surface area contributed by atoms with Crippen molar-refractivity contribution in [2.45, 2.75) is 26.9 Å². The number of hydrogen-bond donors (Lipinski definition) is 1. The SMILES string of the molecule is C=C/C=C\C=C(/C)c1nc(C(F)(F)F)sc1N.CC. The lowest BCUT2D eigenvalue weighted by atomic mass is 10.2. The molecule has 0 aromatic carbocycles. The van der Waals surface area contributed by atoms with E-state index in [4.69, 9.17) is 5.73 Å². The Morgan fingerprint density at radius 1 is 1.32 bits per heavy atom.